The predicted octanol–water partition coefficient (Wildman–Crippen LogP) is 2.87. The molecule has 0 spiro atoms. The van der Waals surface area contributed by atoms with E-state index in [9.17, 15) is 9.90 Å². The third-order valence-corrected chi connectivity index (χ3v) is 3.64. The quantitative estimate of drug-likeness (QED) is 0.899. The van der Waals surface area contributed by atoms with Crippen LogP contribution in [0.2, 0.25) is 5.02 Å². The van der Waals surface area contributed by atoms with E-state index < -0.39 is 0 Å². The van der Waals surface area contributed by atoms with Gasteiger partial charge in [-0.3, -0.25) is 4.79 Å². The first-order valence-electron chi connectivity index (χ1n) is 5.76. The van der Waals surface area contributed by atoms with Crippen LogP contribution in [0.1, 0.15) is 18.9 Å². The number of nitrogens with zero attached hydrogens (tertiary/aromatic N) is 1. The maximum atomic E-state index is 12.0. The Morgan fingerprint density at radius 3 is 2.78 bits per heavy atom. The van der Waals surface area contributed by atoms with Crippen molar-refractivity contribution < 1.29 is 9.90 Å². The van der Waals surface area contributed by atoms with Crippen molar-refractivity contribution in [2.75, 3.05) is 13.6 Å². The highest BCUT2D eigenvalue weighted by Gasteiger charge is 2.12. The SMILES string of the molecule is CC(O)CCN(C)C(=O)Cc1ccc(Cl)cc1Br. The fourth-order valence-corrected chi connectivity index (χ4v) is 2.29. The van der Waals surface area contributed by atoms with E-state index in [1.165, 1.54) is 0 Å². The van der Waals surface area contributed by atoms with E-state index in [0.717, 1.165) is 10.0 Å². The van der Waals surface area contributed by atoms with Crippen LogP contribution in [0.3, 0.4) is 0 Å². The summed E-state index contributed by atoms with van der Waals surface area (Å²) in [4.78, 5) is 13.6. The van der Waals surface area contributed by atoms with Crippen molar-refractivity contribution in [2.24, 2.45) is 0 Å². The average Bonchev–Trinajstić information content (AvgIpc) is 2.29. The standard InChI is InChI=1S/C13H17BrClNO2/c1-9(17)5-6-16(2)13(18)7-10-3-4-11(15)8-12(10)14/h3-4,8-9,17H,5-7H2,1-2H3. The Morgan fingerprint density at radius 2 is 2.22 bits per heavy atom. The number of carbonyl (C=O) groups excluding carboxylic acids is 1. The molecule has 3 nitrogen and oxygen atoms in total. The second-order valence-corrected chi connectivity index (χ2v) is 5.66. The molecular formula is C13H17BrClNO2. The van der Waals surface area contributed by atoms with Crippen LogP contribution < -0.4 is 0 Å². The number of hydrogen-bond acceptors (Lipinski definition) is 2. The summed E-state index contributed by atoms with van der Waals surface area (Å²) in [5, 5.41) is 9.83. The molecule has 0 fully saturated rings. The number of aliphatic hydroxyl groups is 1. The molecule has 0 radical (unpaired) electrons. The highest BCUT2D eigenvalue weighted by atomic mass is 79.9. The van der Waals surface area contributed by atoms with Gasteiger partial charge in [-0.25, -0.2) is 0 Å². The van der Waals surface area contributed by atoms with Crippen LogP contribution in [0, 0.1) is 0 Å². The third kappa shape index (κ3) is 4.96. The van der Waals surface area contributed by atoms with Crippen LogP contribution in [-0.2, 0) is 11.2 Å². The second-order valence-electron chi connectivity index (χ2n) is 4.37. The second kappa shape index (κ2) is 7.12. The minimum absolute atomic E-state index is 0.0265. The zero-order chi connectivity index (χ0) is 13.7. The number of hydrogen-bond donors (Lipinski definition) is 1. The van der Waals surface area contributed by atoms with E-state index in [-0.39, 0.29) is 12.0 Å². The monoisotopic (exact) mass is 333 g/mol. The van der Waals surface area contributed by atoms with Crippen molar-refractivity contribution in [1.82, 2.24) is 4.90 Å². The van der Waals surface area contributed by atoms with Gasteiger partial charge in [-0.15, -0.1) is 0 Å². The van der Waals surface area contributed by atoms with Gasteiger partial charge >= 0.3 is 0 Å². The van der Waals surface area contributed by atoms with Gasteiger partial charge in [-0.1, -0.05) is 33.6 Å². The molecule has 1 rings (SSSR count). The van der Waals surface area contributed by atoms with Gasteiger partial charge in [0.1, 0.15) is 0 Å². The lowest BCUT2D eigenvalue weighted by molar-refractivity contribution is -0.129. The van der Waals surface area contributed by atoms with E-state index in [4.69, 9.17) is 11.6 Å². The van der Waals surface area contributed by atoms with E-state index in [1.54, 1.807) is 31.0 Å². The van der Waals surface area contributed by atoms with Crippen LogP contribution >= 0.6 is 27.5 Å². The summed E-state index contributed by atoms with van der Waals surface area (Å²) in [5.41, 5.74) is 0.910. The highest BCUT2D eigenvalue weighted by Crippen LogP contribution is 2.22. The molecule has 1 atom stereocenters. The van der Waals surface area contributed by atoms with E-state index >= 15 is 0 Å². The van der Waals surface area contributed by atoms with Crippen molar-refractivity contribution in [3.8, 4) is 0 Å². The molecule has 0 saturated heterocycles. The molecule has 5 heteroatoms. The first-order valence-corrected chi connectivity index (χ1v) is 6.93. The smallest absolute Gasteiger partial charge is 0.226 e. The number of likely N-dealkylation sites (N-methyl/N-ethyl adjacent to an activating group) is 1. The fourth-order valence-electron chi connectivity index (χ4n) is 1.47. The molecule has 1 aromatic rings. The van der Waals surface area contributed by atoms with Crippen molar-refractivity contribution in [1.29, 1.82) is 0 Å². The summed E-state index contributed by atoms with van der Waals surface area (Å²) in [6.45, 7) is 2.27. The number of aliphatic hydroxyl groups excluding tert-OH is 1. The minimum Gasteiger partial charge on any atom is -0.393 e. The largest absolute Gasteiger partial charge is 0.393 e. The van der Waals surface area contributed by atoms with Crippen LogP contribution in [0.5, 0.6) is 0 Å². The van der Waals surface area contributed by atoms with Crippen LogP contribution in [0.25, 0.3) is 0 Å². The van der Waals surface area contributed by atoms with Crippen molar-refractivity contribution in [3.05, 3.63) is 33.3 Å². The maximum Gasteiger partial charge on any atom is 0.226 e. The summed E-state index contributed by atoms with van der Waals surface area (Å²) in [5.74, 6) is 0.0265. The van der Waals surface area contributed by atoms with Gasteiger partial charge in [-0.05, 0) is 31.0 Å². The number of carbonyl (C=O) groups is 1. The van der Waals surface area contributed by atoms with Gasteiger partial charge in [-0.2, -0.15) is 0 Å². The molecule has 0 aliphatic heterocycles. The van der Waals surface area contributed by atoms with Crippen LogP contribution in [0.4, 0.5) is 0 Å². The lowest BCUT2D eigenvalue weighted by atomic mass is 10.1. The molecule has 1 N–H and O–H groups in total. The summed E-state index contributed by atoms with van der Waals surface area (Å²) >= 11 is 9.24. The van der Waals surface area contributed by atoms with Crippen molar-refractivity contribution in [2.45, 2.75) is 25.9 Å². The first kappa shape index (κ1) is 15.5. The maximum absolute atomic E-state index is 12.0. The highest BCUT2D eigenvalue weighted by molar-refractivity contribution is 9.10. The third-order valence-electron chi connectivity index (χ3n) is 2.66. The lowest BCUT2D eigenvalue weighted by Gasteiger charge is -2.18. The van der Waals surface area contributed by atoms with Gasteiger partial charge in [0.05, 0.1) is 12.5 Å². The van der Waals surface area contributed by atoms with E-state index in [1.807, 2.05) is 6.07 Å². The number of benzene rings is 1. The average molecular weight is 335 g/mol. The first-order chi connectivity index (χ1) is 8.40. The van der Waals surface area contributed by atoms with Crippen molar-refractivity contribution >= 4 is 33.4 Å². The molecule has 0 bridgehead atoms. The van der Waals surface area contributed by atoms with Gasteiger partial charge in [0.2, 0.25) is 5.91 Å². The molecule has 0 aromatic heterocycles. The molecule has 0 aliphatic carbocycles. The molecule has 1 unspecified atom stereocenters. The lowest BCUT2D eigenvalue weighted by Crippen LogP contribution is -2.30. The molecular weight excluding hydrogens is 318 g/mol. The zero-order valence-corrected chi connectivity index (χ0v) is 12.8. The Bertz CT molecular complexity index is 423. The Kier molecular flexibility index (Phi) is 6.12. The summed E-state index contributed by atoms with van der Waals surface area (Å²) in [7, 11) is 1.74. The normalized spacial score (nSPS) is 12.3. The van der Waals surface area contributed by atoms with E-state index in [0.29, 0.717) is 24.4 Å². The van der Waals surface area contributed by atoms with E-state index in [2.05, 4.69) is 15.9 Å². The molecule has 0 heterocycles. The predicted molar refractivity (Wildman–Crippen MR) is 76.8 cm³/mol. The Morgan fingerprint density at radius 1 is 1.56 bits per heavy atom. The fraction of sp³-hybridized carbons (Fsp3) is 0.462. The Balaban J connectivity index is 2.58. The zero-order valence-electron chi connectivity index (χ0n) is 10.5. The number of rotatable bonds is 5. The molecule has 100 valence electrons. The Labute approximate surface area is 121 Å². The van der Waals surface area contributed by atoms with Gasteiger partial charge < -0.3 is 10.0 Å². The molecule has 1 amide bonds. The topological polar surface area (TPSA) is 40.5 Å². The summed E-state index contributed by atoms with van der Waals surface area (Å²) in [6, 6.07) is 5.39. The summed E-state index contributed by atoms with van der Waals surface area (Å²) in [6.07, 6.45) is 0.528. The Hall–Kier alpha value is -0.580. The minimum atomic E-state index is -0.387. The van der Waals surface area contributed by atoms with Crippen LogP contribution in [0.15, 0.2) is 22.7 Å². The molecule has 1 aromatic carbocycles. The van der Waals surface area contributed by atoms with Crippen molar-refractivity contribution in [3.63, 3.8) is 0 Å². The molecule has 0 aliphatic rings. The van der Waals surface area contributed by atoms with Gasteiger partial charge in [0, 0.05) is 23.1 Å². The van der Waals surface area contributed by atoms with Crippen LogP contribution in [-0.4, -0.2) is 35.6 Å². The molecule has 18 heavy (non-hydrogen) atoms. The number of halogens is 2. The van der Waals surface area contributed by atoms with Gasteiger partial charge in [0.25, 0.3) is 0 Å². The summed E-state index contributed by atoms with van der Waals surface area (Å²) < 4.78 is 0.840. The number of amides is 1. The molecule has 0 saturated carbocycles. The van der Waals surface area contributed by atoms with Gasteiger partial charge in [0.15, 0.2) is 0 Å².